The lowest BCUT2D eigenvalue weighted by molar-refractivity contribution is -0.109. The monoisotopic (exact) mass is 304 g/mol. The maximum Gasteiger partial charge on any atom is 0.337 e. The number of carbonyl (C=O) groups is 2. The Morgan fingerprint density at radius 2 is 2.00 bits per heavy atom. The van der Waals surface area contributed by atoms with E-state index >= 15 is 0 Å². The lowest BCUT2D eigenvalue weighted by Crippen LogP contribution is -2.21. The average molecular weight is 305 g/mol. The van der Waals surface area contributed by atoms with Crippen molar-refractivity contribution in [2.75, 3.05) is 5.75 Å². The Kier molecular flexibility index (Phi) is 5.81. The summed E-state index contributed by atoms with van der Waals surface area (Å²) < 4.78 is 0. The Balaban J connectivity index is 2.87. The molecule has 0 saturated heterocycles. The highest BCUT2D eigenvalue weighted by atomic mass is 35.5. The van der Waals surface area contributed by atoms with Crippen molar-refractivity contribution in [2.24, 2.45) is 0 Å². The van der Waals surface area contributed by atoms with Gasteiger partial charge < -0.3 is 15.3 Å². The number of aliphatic hydroxyl groups is 2. The predicted molar refractivity (Wildman–Crippen MR) is 72.5 cm³/mol. The summed E-state index contributed by atoms with van der Waals surface area (Å²) >= 11 is 6.59. The first-order valence-electron chi connectivity index (χ1n) is 5.35. The van der Waals surface area contributed by atoms with E-state index < -0.39 is 18.2 Å². The van der Waals surface area contributed by atoms with Gasteiger partial charge in [0.1, 0.15) is 6.10 Å². The summed E-state index contributed by atoms with van der Waals surface area (Å²) in [6.07, 6.45) is -2.45. The van der Waals surface area contributed by atoms with E-state index in [1.807, 2.05) is 0 Å². The quantitative estimate of drug-likeness (QED) is 0.766. The van der Waals surface area contributed by atoms with Gasteiger partial charge in [0, 0.05) is 12.7 Å². The first-order valence-corrected chi connectivity index (χ1v) is 6.71. The van der Waals surface area contributed by atoms with Crippen molar-refractivity contribution in [2.45, 2.75) is 19.1 Å². The van der Waals surface area contributed by atoms with Crippen molar-refractivity contribution in [3.63, 3.8) is 0 Å². The van der Waals surface area contributed by atoms with Gasteiger partial charge in [-0.15, -0.1) is 0 Å². The molecule has 1 aromatic carbocycles. The van der Waals surface area contributed by atoms with Gasteiger partial charge in [-0.1, -0.05) is 29.4 Å². The summed E-state index contributed by atoms with van der Waals surface area (Å²) in [7, 11) is 0. The molecule has 0 saturated carbocycles. The number of hydrogen-bond acceptors (Lipinski definition) is 5. The van der Waals surface area contributed by atoms with E-state index in [9.17, 15) is 19.8 Å². The Morgan fingerprint density at radius 3 is 2.53 bits per heavy atom. The Labute approximate surface area is 119 Å². The second-order valence-electron chi connectivity index (χ2n) is 3.86. The zero-order valence-corrected chi connectivity index (χ0v) is 11.6. The van der Waals surface area contributed by atoms with Gasteiger partial charge in [0.05, 0.1) is 16.7 Å². The minimum atomic E-state index is -1.28. The minimum Gasteiger partial charge on any atom is -0.478 e. The standard InChI is InChI=1S/C12H13ClO5S/c1-6(14)19-5-10(15)11(16)7-2-3-9(13)8(4-7)12(17)18/h2-4,10-11,15-16H,5H2,1H3,(H,17,18). The number of aromatic carboxylic acids is 1. The SMILES string of the molecule is CC(=O)SCC(O)C(O)c1ccc(Cl)c(C(=O)O)c1. The summed E-state index contributed by atoms with van der Waals surface area (Å²) in [5, 5.41) is 28.4. The molecule has 2 unspecified atom stereocenters. The molecular weight excluding hydrogens is 292 g/mol. The molecule has 3 N–H and O–H groups in total. The fourth-order valence-electron chi connectivity index (χ4n) is 1.41. The van der Waals surface area contributed by atoms with Crippen molar-refractivity contribution in [3.05, 3.63) is 34.3 Å². The molecule has 0 bridgehead atoms. The van der Waals surface area contributed by atoms with E-state index in [1.165, 1.54) is 25.1 Å². The molecule has 0 spiro atoms. The minimum absolute atomic E-state index is 0.0293. The number of carboxylic acid groups (broad SMARTS) is 1. The second kappa shape index (κ2) is 6.91. The number of hydrogen-bond donors (Lipinski definition) is 3. The van der Waals surface area contributed by atoms with Crippen molar-refractivity contribution in [1.82, 2.24) is 0 Å². The van der Waals surface area contributed by atoms with Crippen molar-refractivity contribution in [1.29, 1.82) is 0 Å². The van der Waals surface area contributed by atoms with Crippen LogP contribution in [0.5, 0.6) is 0 Å². The zero-order valence-electron chi connectivity index (χ0n) is 10.0. The molecule has 0 aliphatic carbocycles. The van der Waals surface area contributed by atoms with Crippen LogP contribution in [0.25, 0.3) is 0 Å². The van der Waals surface area contributed by atoms with Gasteiger partial charge in [0.15, 0.2) is 5.12 Å². The fraction of sp³-hybridized carbons (Fsp3) is 0.333. The van der Waals surface area contributed by atoms with Gasteiger partial charge in [-0.2, -0.15) is 0 Å². The summed E-state index contributed by atoms with van der Waals surface area (Å²) in [6.45, 7) is 1.36. The lowest BCUT2D eigenvalue weighted by atomic mass is 10.0. The highest BCUT2D eigenvalue weighted by molar-refractivity contribution is 8.13. The molecule has 0 radical (unpaired) electrons. The van der Waals surface area contributed by atoms with E-state index in [0.29, 0.717) is 0 Å². The molecule has 7 heteroatoms. The predicted octanol–water partition coefficient (Wildman–Crippen LogP) is 1.71. The average Bonchev–Trinajstić information content (AvgIpc) is 2.35. The summed E-state index contributed by atoms with van der Waals surface area (Å²) in [4.78, 5) is 21.7. The molecule has 5 nitrogen and oxygen atoms in total. The van der Waals surface area contributed by atoms with Gasteiger partial charge in [-0.25, -0.2) is 4.79 Å². The van der Waals surface area contributed by atoms with E-state index in [4.69, 9.17) is 16.7 Å². The van der Waals surface area contributed by atoms with Gasteiger partial charge in [-0.3, -0.25) is 4.79 Å². The first kappa shape index (κ1) is 16.0. The van der Waals surface area contributed by atoms with Crippen LogP contribution >= 0.6 is 23.4 Å². The van der Waals surface area contributed by atoms with Gasteiger partial charge >= 0.3 is 5.97 Å². The fourth-order valence-corrected chi connectivity index (χ4v) is 2.19. The maximum atomic E-state index is 10.9. The van der Waals surface area contributed by atoms with Crippen LogP contribution in [-0.4, -0.2) is 38.3 Å². The molecule has 0 fully saturated rings. The highest BCUT2D eigenvalue weighted by Crippen LogP contribution is 2.25. The maximum absolute atomic E-state index is 10.9. The Hall–Kier alpha value is -1.08. The number of benzene rings is 1. The third-order valence-electron chi connectivity index (χ3n) is 2.38. The van der Waals surface area contributed by atoms with Crippen LogP contribution in [0.4, 0.5) is 0 Å². The molecule has 0 aliphatic heterocycles. The van der Waals surface area contributed by atoms with E-state index in [2.05, 4.69) is 0 Å². The smallest absolute Gasteiger partial charge is 0.337 e. The second-order valence-corrected chi connectivity index (χ2v) is 5.46. The number of carboxylic acids is 1. The highest BCUT2D eigenvalue weighted by Gasteiger charge is 2.21. The molecule has 19 heavy (non-hydrogen) atoms. The van der Waals surface area contributed by atoms with Crippen LogP contribution in [0.15, 0.2) is 18.2 Å². The van der Waals surface area contributed by atoms with Crippen LogP contribution in [-0.2, 0) is 4.79 Å². The molecule has 2 atom stereocenters. The van der Waals surface area contributed by atoms with E-state index in [1.54, 1.807) is 0 Å². The molecule has 1 aromatic rings. The number of thioether (sulfide) groups is 1. The van der Waals surface area contributed by atoms with E-state index in [0.717, 1.165) is 11.8 Å². The van der Waals surface area contributed by atoms with E-state index in [-0.39, 0.29) is 27.0 Å². The molecule has 1 rings (SSSR count). The summed E-state index contributed by atoms with van der Waals surface area (Å²) in [5.41, 5.74) is 0.0862. The number of rotatable bonds is 5. The number of halogens is 1. The normalized spacial score (nSPS) is 13.9. The van der Waals surface area contributed by atoms with Gasteiger partial charge in [0.2, 0.25) is 0 Å². The molecule has 0 heterocycles. The van der Waals surface area contributed by atoms with Crippen LogP contribution in [0.2, 0.25) is 5.02 Å². The van der Waals surface area contributed by atoms with Crippen molar-refractivity contribution >= 4 is 34.4 Å². The van der Waals surface area contributed by atoms with Crippen LogP contribution in [0, 0.1) is 0 Å². The van der Waals surface area contributed by atoms with Gasteiger partial charge in [-0.05, 0) is 17.7 Å². The van der Waals surface area contributed by atoms with Crippen LogP contribution in [0.1, 0.15) is 28.9 Å². The summed E-state index contributed by atoms with van der Waals surface area (Å²) in [5.74, 6) is -1.19. The van der Waals surface area contributed by atoms with Gasteiger partial charge in [0.25, 0.3) is 0 Å². The van der Waals surface area contributed by atoms with Crippen LogP contribution in [0.3, 0.4) is 0 Å². The Morgan fingerprint density at radius 1 is 1.37 bits per heavy atom. The summed E-state index contributed by atoms with van der Waals surface area (Å²) in [6, 6.07) is 3.98. The molecule has 0 amide bonds. The van der Waals surface area contributed by atoms with Crippen molar-refractivity contribution < 1.29 is 24.9 Å². The Bertz CT molecular complexity index is 491. The van der Waals surface area contributed by atoms with Crippen molar-refractivity contribution in [3.8, 4) is 0 Å². The topological polar surface area (TPSA) is 94.8 Å². The molecular formula is C12H13ClO5S. The zero-order chi connectivity index (χ0) is 14.6. The molecule has 0 aromatic heterocycles. The number of aliphatic hydroxyl groups excluding tert-OH is 2. The third-order valence-corrected chi connectivity index (χ3v) is 3.63. The van der Waals surface area contributed by atoms with Crippen LogP contribution < -0.4 is 0 Å². The largest absolute Gasteiger partial charge is 0.478 e. The molecule has 0 aliphatic rings. The lowest BCUT2D eigenvalue weighted by Gasteiger charge is -2.18. The number of carbonyl (C=O) groups excluding carboxylic acids is 1. The molecule has 104 valence electrons. The first-order chi connectivity index (χ1) is 8.82. The third kappa shape index (κ3) is 4.50.